The van der Waals surface area contributed by atoms with Crippen LogP contribution in [0.3, 0.4) is 0 Å². The second-order valence-electron chi connectivity index (χ2n) is 3.06. The standard InChI is InChI=1S/C9H14BNO2/c1-2-3-4-9-6-5-8(7-11-9)10(12)13/h5-7,12-13H,2-4H2,1H3. The van der Waals surface area contributed by atoms with Gasteiger partial charge in [0, 0.05) is 17.4 Å². The van der Waals surface area contributed by atoms with Gasteiger partial charge in [0.15, 0.2) is 0 Å². The molecule has 0 aromatic carbocycles. The zero-order valence-corrected chi connectivity index (χ0v) is 7.77. The summed E-state index contributed by atoms with van der Waals surface area (Å²) in [4.78, 5) is 4.12. The molecule has 0 aliphatic rings. The summed E-state index contributed by atoms with van der Waals surface area (Å²) in [5.41, 5.74) is 1.45. The summed E-state index contributed by atoms with van der Waals surface area (Å²) in [6.07, 6.45) is 4.73. The number of aryl methyl sites for hydroxylation is 1. The van der Waals surface area contributed by atoms with Gasteiger partial charge in [-0.25, -0.2) is 0 Å². The molecule has 1 aromatic heterocycles. The molecule has 0 unspecified atom stereocenters. The molecular formula is C9H14BNO2. The van der Waals surface area contributed by atoms with E-state index in [0.717, 1.165) is 25.0 Å². The highest BCUT2D eigenvalue weighted by atomic mass is 16.4. The molecule has 3 nitrogen and oxygen atoms in total. The molecule has 70 valence electrons. The van der Waals surface area contributed by atoms with Crippen molar-refractivity contribution < 1.29 is 10.0 Å². The van der Waals surface area contributed by atoms with Crippen LogP contribution in [0, 0.1) is 0 Å². The highest BCUT2D eigenvalue weighted by molar-refractivity contribution is 6.58. The number of pyridine rings is 1. The third-order valence-electron chi connectivity index (χ3n) is 1.93. The van der Waals surface area contributed by atoms with Gasteiger partial charge in [0.1, 0.15) is 0 Å². The summed E-state index contributed by atoms with van der Waals surface area (Å²) in [6.45, 7) is 2.13. The molecule has 0 saturated heterocycles. The van der Waals surface area contributed by atoms with Gasteiger partial charge in [-0.05, 0) is 18.9 Å². The second kappa shape index (κ2) is 4.99. The molecule has 0 saturated carbocycles. The largest absolute Gasteiger partial charge is 0.490 e. The Bertz CT molecular complexity index is 248. The molecule has 1 heterocycles. The van der Waals surface area contributed by atoms with Gasteiger partial charge in [-0.3, -0.25) is 4.98 Å². The van der Waals surface area contributed by atoms with Crippen LogP contribution in [0.5, 0.6) is 0 Å². The normalized spacial score (nSPS) is 10.1. The van der Waals surface area contributed by atoms with Crippen molar-refractivity contribution in [2.45, 2.75) is 26.2 Å². The molecule has 1 rings (SSSR count). The molecular weight excluding hydrogens is 165 g/mol. The molecule has 0 radical (unpaired) electrons. The van der Waals surface area contributed by atoms with Gasteiger partial charge in [-0.2, -0.15) is 0 Å². The van der Waals surface area contributed by atoms with E-state index in [2.05, 4.69) is 11.9 Å². The highest BCUT2D eigenvalue weighted by Crippen LogP contribution is 1.99. The molecule has 0 amide bonds. The zero-order valence-electron chi connectivity index (χ0n) is 7.77. The Kier molecular flexibility index (Phi) is 3.92. The first-order chi connectivity index (χ1) is 6.24. The molecule has 0 bridgehead atoms. The molecule has 13 heavy (non-hydrogen) atoms. The third kappa shape index (κ3) is 3.16. The second-order valence-corrected chi connectivity index (χ2v) is 3.06. The van der Waals surface area contributed by atoms with Gasteiger partial charge < -0.3 is 10.0 Å². The molecule has 0 spiro atoms. The summed E-state index contributed by atoms with van der Waals surface area (Å²) in [7, 11) is -1.41. The number of nitrogens with zero attached hydrogens (tertiary/aromatic N) is 1. The molecule has 0 atom stereocenters. The van der Waals surface area contributed by atoms with Crippen molar-refractivity contribution in [2.24, 2.45) is 0 Å². The van der Waals surface area contributed by atoms with E-state index in [1.54, 1.807) is 6.07 Å². The zero-order chi connectivity index (χ0) is 9.68. The third-order valence-corrected chi connectivity index (χ3v) is 1.93. The molecule has 0 aliphatic carbocycles. The van der Waals surface area contributed by atoms with Crippen LogP contribution < -0.4 is 5.46 Å². The van der Waals surface area contributed by atoms with Crippen LogP contribution in [0.4, 0.5) is 0 Å². The lowest BCUT2D eigenvalue weighted by Gasteiger charge is -2.01. The molecule has 2 N–H and O–H groups in total. The van der Waals surface area contributed by atoms with E-state index in [4.69, 9.17) is 10.0 Å². The summed E-state index contributed by atoms with van der Waals surface area (Å²) in [5, 5.41) is 17.6. The van der Waals surface area contributed by atoms with Crippen molar-refractivity contribution >= 4 is 12.6 Å². The lowest BCUT2D eigenvalue weighted by atomic mass is 9.81. The van der Waals surface area contributed by atoms with Gasteiger partial charge in [-0.1, -0.05) is 19.4 Å². The Morgan fingerprint density at radius 1 is 1.38 bits per heavy atom. The van der Waals surface area contributed by atoms with Crippen molar-refractivity contribution in [3.63, 3.8) is 0 Å². The average Bonchev–Trinajstić information content (AvgIpc) is 2.15. The quantitative estimate of drug-likeness (QED) is 0.644. The first-order valence-corrected chi connectivity index (χ1v) is 4.55. The summed E-state index contributed by atoms with van der Waals surface area (Å²) in [6, 6.07) is 3.53. The van der Waals surface area contributed by atoms with Crippen molar-refractivity contribution in [3.05, 3.63) is 24.0 Å². The fourth-order valence-electron chi connectivity index (χ4n) is 1.09. The van der Waals surface area contributed by atoms with E-state index < -0.39 is 7.12 Å². The van der Waals surface area contributed by atoms with Gasteiger partial charge >= 0.3 is 7.12 Å². The predicted octanol–water partition coefficient (Wildman–Crippen LogP) is 0.104. The number of unbranched alkanes of at least 4 members (excludes halogenated alkanes) is 1. The Morgan fingerprint density at radius 2 is 2.15 bits per heavy atom. The van der Waals surface area contributed by atoms with Crippen LogP contribution >= 0.6 is 0 Å². The lowest BCUT2D eigenvalue weighted by molar-refractivity contribution is 0.425. The highest BCUT2D eigenvalue weighted by Gasteiger charge is 2.10. The van der Waals surface area contributed by atoms with Gasteiger partial charge in [0.25, 0.3) is 0 Å². The van der Waals surface area contributed by atoms with Gasteiger partial charge in [0.2, 0.25) is 0 Å². The number of hydrogen-bond acceptors (Lipinski definition) is 3. The lowest BCUT2D eigenvalue weighted by Crippen LogP contribution is -2.30. The fourth-order valence-corrected chi connectivity index (χ4v) is 1.09. The van der Waals surface area contributed by atoms with E-state index in [1.165, 1.54) is 6.20 Å². The minimum Gasteiger partial charge on any atom is -0.423 e. The topological polar surface area (TPSA) is 53.4 Å². The maximum Gasteiger partial charge on any atom is 0.490 e. The Hall–Kier alpha value is -0.865. The van der Waals surface area contributed by atoms with E-state index in [9.17, 15) is 0 Å². The van der Waals surface area contributed by atoms with Crippen LogP contribution in [-0.4, -0.2) is 22.2 Å². The van der Waals surface area contributed by atoms with Crippen LogP contribution in [-0.2, 0) is 6.42 Å². The number of aromatic nitrogens is 1. The van der Waals surface area contributed by atoms with E-state index >= 15 is 0 Å². The molecule has 4 heteroatoms. The summed E-state index contributed by atoms with van der Waals surface area (Å²) < 4.78 is 0. The van der Waals surface area contributed by atoms with E-state index in [0.29, 0.717) is 5.46 Å². The minimum atomic E-state index is -1.41. The maximum atomic E-state index is 8.81. The Balaban J connectivity index is 2.59. The fraction of sp³-hybridized carbons (Fsp3) is 0.444. The number of rotatable bonds is 4. The predicted molar refractivity (Wildman–Crippen MR) is 52.7 cm³/mol. The summed E-state index contributed by atoms with van der Waals surface area (Å²) >= 11 is 0. The van der Waals surface area contributed by atoms with Crippen LogP contribution in [0.2, 0.25) is 0 Å². The SMILES string of the molecule is CCCCc1ccc(B(O)O)cn1. The van der Waals surface area contributed by atoms with Crippen LogP contribution in [0.1, 0.15) is 25.5 Å². The Morgan fingerprint density at radius 3 is 2.62 bits per heavy atom. The monoisotopic (exact) mass is 179 g/mol. The molecule has 1 aromatic rings. The van der Waals surface area contributed by atoms with Crippen molar-refractivity contribution in [1.29, 1.82) is 0 Å². The maximum absolute atomic E-state index is 8.81. The van der Waals surface area contributed by atoms with E-state index in [1.807, 2.05) is 6.07 Å². The Labute approximate surface area is 78.6 Å². The van der Waals surface area contributed by atoms with E-state index in [-0.39, 0.29) is 0 Å². The van der Waals surface area contributed by atoms with Crippen molar-refractivity contribution in [1.82, 2.24) is 4.98 Å². The van der Waals surface area contributed by atoms with Crippen molar-refractivity contribution in [2.75, 3.05) is 0 Å². The van der Waals surface area contributed by atoms with Crippen LogP contribution in [0.25, 0.3) is 0 Å². The minimum absolute atomic E-state index is 0.445. The molecule has 0 aliphatic heterocycles. The van der Waals surface area contributed by atoms with Gasteiger partial charge in [0.05, 0.1) is 0 Å². The first-order valence-electron chi connectivity index (χ1n) is 4.55. The molecule has 0 fully saturated rings. The van der Waals surface area contributed by atoms with Crippen LogP contribution in [0.15, 0.2) is 18.3 Å². The van der Waals surface area contributed by atoms with Crippen molar-refractivity contribution in [3.8, 4) is 0 Å². The number of hydrogen-bond donors (Lipinski definition) is 2. The van der Waals surface area contributed by atoms with Gasteiger partial charge in [-0.15, -0.1) is 0 Å². The smallest absolute Gasteiger partial charge is 0.423 e. The summed E-state index contributed by atoms with van der Waals surface area (Å²) in [5.74, 6) is 0. The average molecular weight is 179 g/mol. The first kappa shape index (κ1) is 10.2.